The third-order valence-corrected chi connectivity index (χ3v) is 5.12. The topological polar surface area (TPSA) is 46.5 Å². The van der Waals surface area contributed by atoms with Crippen molar-refractivity contribution in [2.45, 2.75) is 45.8 Å². The molecule has 4 nitrogen and oxygen atoms in total. The van der Waals surface area contributed by atoms with Crippen LogP contribution in [0.25, 0.3) is 33.7 Å². The molecule has 2 heterocycles. The number of nitrogens with one attached hydrogen (secondary N) is 1. The Bertz CT molecular complexity index is 1220. The fourth-order valence-electron chi connectivity index (χ4n) is 3.49. The van der Waals surface area contributed by atoms with E-state index in [1.165, 1.54) is 12.1 Å². The first-order valence-electron chi connectivity index (χ1n) is 9.83. The Hall–Kier alpha value is -2.09. The van der Waals surface area contributed by atoms with Crippen LogP contribution >= 0.6 is 0 Å². The van der Waals surface area contributed by atoms with Crippen LogP contribution in [0.1, 0.15) is 39.0 Å². The number of nitrogens with zero attached hydrogens (tertiary/aromatic N) is 3. The van der Waals surface area contributed by atoms with Crippen LogP contribution in [0.15, 0.2) is 48.5 Å². The minimum absolute atomic E-state index is 0. The maximum atomic E-state index is 13.4. The summed E-state index contributed by atoms with van der Waals surface area (Å²) in [6, 6.07) is 12.8. The van der Waals surface area contributed by atoms with Crippen molar-refractivity contribution in [3.63, 3.8) is 0 Å². The molecular weight excluding hydrogens is 412 g/mol. The third-order valence-electron chi connectivity index (χ3n) is 5.12. The van der Waals surface area contributed by atoms with E-state index in [2.05, 4.69) is 35.8 Å². The molecule has 2 aromatic carbocycles. The van der Waals surface area contributed by atoms with Gasteiger partial charge in [0.1, 0.15) is 5.69 Å². The van der Waals surface area contributed by atoms with Crippen LogP contribution < -0.4 is 0 Å². The number of aryl methyl sites for hydroxylation is 1. The molecule has 0 unspecified atom stereocenters. The van der Waals surface area contributed by atoms with E-state index in [9.17, 15) is 13.2 Å². The van der Waals surface area contributed by atoms with Gasteiger partial charge in [-0.15, -0.1) is 0 Å². The van der Waals surface area contributed by atoms with E-state index in [0.29, 0.717) is 23.4 Å². The third kappa shape index (κ3) is 4.59. The number of hydrogen-bond donors (Lipinski definition) is 1. The van der Waals surface area contributed by atoms with Crippen molar-refractivity contribution in [2.75, 3.05) is 0 Å². The predicted molar refractivity (Wildman–Crippen MR) is 119 cm³/mol. The number of alkyl halides is 3. The molecule has 0 aliphatic rings. The Labute approximate surface area is 201 Å². The summed E-state index contributed by atoms with van der Waals surface area (Å²) in [6.45, 7) is 9.00. The van der Waals surface area contributed by atoms with Crippen LogP contribution in [0.2, 0.25) is 0 Å². The summed E-state index contributed by atoms with van der Waals surface area (Å²) in [4.78, 5) is 7.95. The van der Waals surface area contributed by atoms with Crippen molar-refractivity contribution < 1.29 is 13.2 Å². The molecular formula is C23H24F3N4Na. The number of aromatic amines is 1. The number of fused-ring (bicyclic) bond motifs is 1. The molecule has 4 rings (SSSR count). The number of aromatic nitrogens is 4. The monoisotopic (exact) mass is 436 g/mol. The molecule has 0 aliphatic heterocycles. The first-order valence-corrected chi connectivity index (χ1v) is 9.83. The zero-order valence-electron chi connectivity index (χ0n) is 17.3. The minimum atomic E-state index is -4.42. The van der Waals surface area contributed by atoms with Gasteiger partial charge in [-0.25, -0.2) is 4.98 Å². The average Bonchev–Trinajstić information content (AvgIpc) is 3.30. The van der Waals surface area contributed by atoms with Crippen molar-refractivity contribution in [3.05, 3.63) is 59.8 Å². The van der Waals surface area contributed by atoms with Gasteiger partial charge in [-0.3, -0.25) is 4.68 Å². The molecule has 0 fully saturated rings. The Morgan fingerprint density at radius 2 is 1.71 bits per heavy atom. The number of hydrogen-bond acceptors (Lipinski definition) is 2. The van der Waals surface area contributed by atoms with Gasteiger partial charge in [-0.05, 0) is 42.3 Å². The number of rotatable bonds is 3. The van der Waals surface area contributed by atoms with E-state index in [4.69, 9.17) is 0 Å². The predicted octanol–water partition coefficient (Wildman–Crippen LogP) is 5.78. The van der Waals surface area contributed by atoms with E-state index in [0.717, 1.165) is 23.0 Å². The van der Waals surface area contributed by atoms with Gasteiger partial charge in [-0.1, -0.05) is 45.0 Å². The van der Waals surface area contributed by atoms with Crippen molar-refractivity contribution in [1.82, 2.24) is 19.7 Å². The number of benzene rings is 2. The van der Waals surface area contributed by atoms with Gasteiger partial charge < -0.3 is 4.98 Å². The number of halogens is 3. The summed E-state index contributed by atoms with van der Waals surface area (Å²) in [5, 5.41) is 4.68. The van der Waals surface area contributed by atoms with Crippen molar-refractivity contribution in [2.24, 2.45) is 0 Å². The zero-order chi connectivity index (χ0) is 21.7. The quantitative estimate of drug-likeness (QED) is 0.414. The summed E-state index contributed by atoms with van der Waals surface area (Å²) < 4.78 is 42.2. The number of imidazole rings is 1. The molecule has 0 saturated heterocycles. The summed E-state index contributed by atoms with van der Waals surface area (Å²) in [5.41, 5.74) is 3.06. The molecule has 8 heteroatoms. The Morgan fingerprint density at radius 1 is 1.00 bits per heavy atom. The van der Waals surface area contributed by atoms with Crippen molar-refractivity contribution >= 4 is 40.6 Å². The van der Waals surface area contributed by atoms with Crippen LogP contribution in [0, 0.1) is 0 Å². The zero-order valence-corrected chi connectivity index (χ0v) is 17.3. The normalized spacial score (nSPS) is 12.2. The van der Waals surface area contributed by atoms with Crippen molar-refractivity contribution in [3.8, 4) is 22.6 Å². The van der Waals surface area contributed by atoms with E-state index in [-0.39, 0.29) is 40.5 Å². The van der Waals surface area contributed by atoms with E-state index >= 15 is 0 Å². The molecule has 2 aromatic heterocycles. The summed E-state index contributed by atoms with van der Waals surface area (Å²) in [6.07, 6.45) is -4.42. The molecule has 0 bridgehead atoms. The second-order valence-corrected chi connectivity index (χ2v) is 8.34. The van der Waals surface area contributed by atoms with Gasteiger partial charge in [0.2, 0.25) is 0 Å². The van der Waals surface area contributed by atoms with Gasteiger partial charge in [-0.2, -0.15) is 18.3 Å². The Balaban J connectivity index is 0.00000272. The molecule has 0 aliphatic carbocycles. The molecule has 0 radical (unpaired) electrons. The second kappa shape index (κ2) is 8.45. The van der Waals surface area contributed by atoms with Gasteiger partial charge in [0, 0.05) is 12.0 Å². The SMILES string of the molecule is CCn1nc(C(C)(C)C)cc1-c1nc2cc(-c3ccccc3C(F)(F)F)ccc2[nH]1.[NaH]. The fraction of sp³-hybridized carbons (Fsp3) is 0.304. The standard InChI is InChI=1S/C23H23F3N4.Na.H/c1-5-30-19(13-20(29-30)22(2,3)4)21-27-17-11-10-14(12-18(17)28-21)15-8-6-7-9-16(15)23(24,25)26;;/h6-13H,5H2,1-4H3,(H,27,28);;. The van der Waals surface area contributed by atoms with Crippen LogP contribution in [0.3, 0.4) is 0 Å². The first kappa shape index (κ1) is 23.6. The molecule has 0 saturated carbocycles. The maximum absolute atomic E-state index is 13.4. The second-order valence-electron chi connectivity index (χ2n) is 8.34. The van der Waals surface area contributed by atoms with Crippen LogP contribution in [-0.4, -0.2) is 49.3 Å². The molecule has 158 valence electrons. The molecule has 31 heavy (non-hydrogen) atoms. The summed E-state index contributed by atoms with van der Waals surface area (Å²) in [7, 11) is 0. The van der Waals surface area contributed by atoms with E-state index < -0.39 is 11.7 Å². The number of H-pyrrole nitrogens is 1. The van der Waals surface area contributed by atoms with Crippen molar-refractivity contribution in [1.29, 1.82) is 0 Å². The molecule has 4 aromatic rings. The molecule has 0 atom stereocenters. The van der Waals surface area contributed by atoms with Gasteiger partial charge >= 0.3 is 35.7 Å². The fourth-order valence-corrected chi connectivity index (χ4v) is 3.49. The van der Waals surface area contributed by atoms with Crippen LogP contribution in [0.4, 0.5) is 13.2 Å². The molecule has 0 spiro atoms. The van der Waals surface area contributed by atoms with Gasteiger partial charge in [0.05, 0.1) is 22.3 Å². The Morgan fingerprint density at radius 3 is 2.35 bits per heavy atom. The summed E-state index contributed by atoms with van der Waals surface area (Å²) in [5.74, 6) is 0.649. The van der Waals surface area contributed by atoms with Crippen LogP contribution in [0.5, 0.6) is 0 Å². The molecule has 1 N–H and O–H groups in total. The molecule has 0 amide bonds. The average molecular weight is 436 g/mol. The van der Waals surface area contributed by atoms with Gasteiger partial charge in [0.15, 0.2) is 5.82 Å². The summed E-state index contributed by atoms with van der Waals surface area (Å²) >= 11 is 0. The van der Waals surface area contributed by atoms with Gasteiger partial charge in [0.25, 0.3) is 0 Å². The van der Waals surface area contributed by atoms with E-state index in [1.54, 1.807) is 24.3 Å². The van der Waals surface area contributed by atoms with E-state index in [1.807, 2.05) is 17.7 Å². The Kier molecular flexibility index (Phi) is 6.42. The first-order chi connectivity index (χ1) is 14.1. The van der Waals surface area contributed by atoms with Crippen LogP contribution in [-0.2, 0) is 18.1 Å².